The Morgan fingerprint density at radius 2 is 2.29 bits per heavy atom. The number of pyridine rings is 1. The molecule has 0 aliphatic carbocycles. The van der Waals surface area contributed by atoms with Gasteiger partial charge in [-0.1, -0.05) is 6.92 Å². The predicted molar refractivity (Wildman–Crippen MR) is 81.6 cm³/mol. The fraction of sp³-hybridized carbons (Fsp3) is 0.643. The molecule has 0 radical (unpaired) electrons. The Kier molecular flexibility index (Phi) is 4.85. The van der Waals surface area contributed by atoms with Crippen LogP contribution in [0.25, 0.3) is 0 Å². The molecule has 1 aromatic heterocycles. The van der Waals surface area contributed by atoms with E-state index >= 15 is 0 Å². The van der Waals surface area contributed by atoms with Gasteiger partial charge in [0.1, 0.15) is 0 Å². The Labute approximate surface area is 126 Å². The molecule has 0 bridgehead atoms. The van der Waals surface area contributed by atoms with Gasteiger partial charge in [-0.05, 0) is 38.3 Å². The molecule has 1 aromatic rings. The van der Waals surface area contributed by atoms with Crippen LogP contribution in [0, 0.1) is 0 Å². The summed E-state index contributed by atoms with van der Waals surface area (Å²) in [6.07, 6.45) is 3.64. The molecule has 2 rings (SSSR count). The number of β-amino-alcohol motifs (C(OH)–C–C–N with tert-alkyl or cyclic N) is 1. The van der Waals surface area contributed by atoms with Gasteiger partial charge in [-0.2, -0.15) is 4.31 Å². The maximum atomic E-state index is 12.8. The maximum absolute atomic E-state index is 12.8. The van der Waals surface area contributed by atoms with Crippen molar-refractivity contribution in [1.29, 1.82) is 0 Å². The second-order valence-corrected chi connectivity index (χ2v) is 7.58. The lowest BCUT2D eigenvalue weighted by molar-refractivity contribution is 0.00935. The third kappa shape index (κ3) is 3.72. The van der Waals surface area contributed by atoms with E-state index in [1.54, 1.807) is 19.1 Å². The van der Waals surface area contributed by atoms with Crippen molar-refractivity contribution in [2.45, 2.75) is 43.7 Å². The van der Waals surface area contributed by atoms with Gasteiger partial charge < -0.3 is 10.4 Å². The lowest BCUT2D eigenvalue weighted by atomic mass is 9.97. The molecule has 0 amide bonds. The molecule has 1 saturated heterocycles. The lowest BCUT2D eigenvalue weighted by Crippen LogP contribution is -2.48. The number of sulfonamides is 1. The van der Waals surface area contributed by atoms with Crippen LogP contribution in [-0.2, 0) is 10.0 Å². The molecular weight excluding hydrogens is 290 g/mol. The second-order valence-electron chi connectivity index (χ2n) is 5.72. The standard InChI is InChI=1S/C14H23N3O3S/c1-3-8-15-12-6-4-9-16-13(12)21(19,20)17-10-5-7-14(2,18)11-17/h4,6,9,15,18H,3,5,7-8,10-11H2,1-2H3. The number of aliphatic hydroxyl groups is 1. The first kappa shape index (κ1) is 16.2. The Morgan fingerprint density at radius 1 is 1.52 bits per heavy atom. The topological polar surface area (TPSA) is 82.5 Å². The van der Waals surface area contributed by atoms with Crippen molar-refractivity contribution in [3.63, 3.8) is 0 Å². The van der Waals surface area contributed by atoms with Crippen molar-refractivity contribution in [3.05, 3.63) is 18.3 Å². The SMILES string of the molecule is CCCNc1cccnc1S(=O)(=O)N1CCCC(C)(O)C1. The van der Waals surface area contributed by atoms with E-state index in [2.05, 4.69) is 10.3 Å². The monoisotopic (exact) mass is 313 g/mol. The van der Waals surface area contributed by atoms with E-state index in [0.717, 1.165) is 6.42 Å². The predicted octanol–water partition coefficient (Wildman–Crippen LogP) is 1.44. The molecule has 6 nitrogen and oxygen atoms in total. The first-order valence-electron chi connectivity index (χ1n) is 7.28. The minimum atomic E-state index is -3.69. The highest BCUT2D eigenvalue weighted by atomic mass is 32.2. The van der Waals surface area contributed by atoms with Crippen molar-refractivity contribution < 1.29 is 13.5 Å². The van der Waals surface area contributed by atoms with E-state index in [1.165, 1.54) is 10.5 Å². The molecule has 118 valence electrons. The third-order valence-corrected chi connectivity index (χ3v) is 5.37. The number of aromatic nitrogens is 1. The number of hydrogen-bond donors (Lipinski definition) is 2. The van der Waals surface area contributed by atoms with Crippen molar-refractivity contribution in [3.8, 4) is 0 Å². The summed E-state index contributed by atoms with van der Waals surface area (Å²) >= 11 is 0. The zero-order chi connectivity index (χ0) is 15.5. The van der Waals surface area contributed by atoms with Crippen LogP contribution >= 0.6 is 0 Å². The van der Waals surface area contributed by atoms with Crippen LogP contribution < -0.4 is 5.32 Å². The Balaban J connectivity index is 2.31. The summed E-state index contributed by atoms with van der Waals surface area (Å²) in [5, 5.41) is 13.3. The molecule has 1 fully saturated rings. The van der Waals surface area contributed by atoms with Gasteiger partial charge in [-0.25, -0.2) is 13.4 Å². The summed E-state index contributed by atoms with van der Waals surface area (Å²) in [7, 11) is -3.69. The number of nitrogens with zero attached hydrogens (tertiary/aromatic N) is 2. The summed E-state index contributed by atoms with van der Waals surface area (Å²) in [5.41, 5.74) is -0.457. The lowest BCUT2D eigenvalue weighted by Gasteiger charge is -2.35. The molecule has 2 heterocycles. The average molecular weight is 313 g/mol. The minimum Gasteiger partial charge on any atom is -0.389 e. The van der Waals surface area contributed by atoms with E-state index in [9.17, 15) is 13.5 Å². The number of nitrogens with one attached hydrogen (secondary N) is 1. The second kappa shape index (κ2) is 6.29. The van der Waals surface area contributed by atoms with Crippen LogP contribution in [0.5, 0.6) is 0 Å². The van der Waals surface area contributed by atoms with Crippen molar-refractivity contribution >= 4 is 15.7 Å². The summed E-state index contributed by atoms with van der Waals surface area (Å²) < 4.78 is 26.9. The zero-order valence-corrected chi connectivity index (χ0v) is 13.4. The normalized spacial score (nSPS) is 24.0. The molecule has 1 aliphatic heterocycles. The molecule has 0 saturated carbocycles. The van der Waals surface area contributed by atoms with Crippen molar-refractivity contribution in [2.75, 3.05) is 25.0 Å². The number of hydrogen-bond acceptors (Lipinski definition) is 5. The quantitative estimate of drug-likeness (QED) is 0.859. The van der Waals surface area contributed by atoms with E-state index < -0.39 is 15.6 Å². The largest absolute Gasteiger partial charge is 0.389 e. The van der Waals surface area contributed by atoms with E-state index in [1.807, 2.05) is 6.92 Å². The Hall–Kier alpha value is -1.18. The molecule has 0 spiro atoms. The highest BCUT2D eigenvalue weighted by molar-refractivity contribution is 7.89. The number of piperidine rings is 1. The fourth-order valence-electron chi connectivity index (χ4n) is 2.49. The molecule has 0 aromatic carbocycles. The zero-order valence-electron chi connectivity index (χ0n) is 12.5. The summed E-state index contributed by atoms with van der Waals surface area (Å²) in [6, 6.07) is 3.43. The van der Waals surface area contributed by atoms with Gasteiger partial charge in [-0.3, -0.25) is 0 Å². The molecule has 1 unspecified atom stereocenters. The first-order chi connectivity index (χ1) is 9.87. The Morgan fingerprint density at radius 3 is 2.95 bits per heavy atom. The number of anilines is 1. The highest BCUT2D eigenvalue weighted by Crippen LogP contribution is 2.28. The van der Waals surface area contributed by atoms with Crippen LogP contribution in [0.2, 0.25) is 0 Å². The van der Waals surface area contributed by atoms with Gasteiger partial charge in [0.2, 0.25) is 0 Å². The molecule has 7 heteroatoms. The van der Waals surface area contributed by atoms with Gasteiger partial charge in [-0.15, -0.1) is 0 Å². The van der Waals surface area contributed by atoms with E-state index in [-0.39, 0.29) is 11.6 Å². The summed E-state index contributed by atoms with van der Waals surface area (Å²) in [5.74, 6) is 0. The van der Waals surface area contributed by atoms with Crippen molar-refractivity contribution in [2.24, 2.45) is 0 Å². The van der Waals surface area contributed by atoms with Gasteiger partial charge >= 0.3 is 0 Å². The van der Waals surface area contributed by atoms with Gasteiger partial charge in [0.05, 0.1) is 11.3 Å². The van der Waals surface area contributed by atoms with Gasteiger partial charge in [0.25, 0.3) is 10.0 Å². The van der Waals surface area contributed by atoms with Gasteiger partial charge in [0, 0.05) is 25.8 Å². The maximum Gasteiger partial charge on any atom is 0.262 e. The van der Waals surface area contributed by atoms with Crippen LogP contribution in [-0.4, -0.2) is 48.0 Å². The van der Waals surface area contributed by atoms with Crippen LogP contribution in [0.3, 0.4) is 0 Å². The fourth-order valence-corrected chi connectivity index (χ4v) is 4.17. The van der Waals surface area contributed by atoms with Crippen molar-refractivity contribution in [1.82, 2.24) is 9.29 Å². The van der Waals surface area contributed by atoms with Crippen LogP contribution in [0.1, 0.15) is 33.1 Å². The minimum absolute atomic E-state index is 0.0381. The summed E-state index contributed by atoms with van der Waals surface area (Å²) in [6.45, 7) is 4.90. The first-order valence-corrected chi connectivity index (χ1v) is 8.72. The summed E-state index contributed by atoms with van der Waals surface area (Å²) in [4.78, 5) is 4.05. The molecule has 2 N–H and O–H groups in total. The Bertz CT molecular complexity index is 587. The highest BCUT2D eigenvalue weighted by Gasteiger charge is 2.37. The van der Waals surface area contributed by atoms with Crippen LogP contribution in [0.4, 0.5) is 5.69 Å². The van der Waals surface area contributed by atoms with E-state index in [0.29, 0.717) is 31.6 Å². The third-order valence-electron chi connectivity index (χ3n) is 3.56. The molecular formula is C14H23N3O3S. The molecule has 1 atom stereocenters. The smallest absolute Gasteiger partial charge is 0.262 e. The molecule has 21 heavy (non-hydrogen) atoms. The average Bonchev–Trinajstić information content (AvgIpc) is 2.44. The number of rotatable bonds is 5. The van der Waals surface area contributed by atoms with E-state index in [4.69, 9.17) is 0 Å². The molecule has 1 aliphatic rings. The van der Waals surface area contributed by atoms with Gasteiger partial charge in [0.15, 0.2) is 5.03 Å². The van der Waals surface area contributed by atoms with Crippen LogP contribution in [0.15, 0.2) is 23.4 Å².